The monoisotopic (exact) mass is 396 g/mol. The molecule has 7 heteroatoms. The van der Waals surface area contributed by atoms with E-state index in [1.807, 2.05) is 44.2 Å². The third-order valence-corrected chi connectivity index (χ3v) is 6.48. The van der Waals surface area contributed by atoms with Crippen LogP contribution in [0.25, 0.3) is 0 Å². The first-order valence-electron chi connectivity index (χ1n) is 8.33. The van der Waals surface area contributed by atoms with Crippen LogP contribution in [0.5, 0.6) is 0 Å². The van der Waals surface area contributed by atoms with E-state index >= 15 is 0 Å². The fourth-order valence-electron chi connectivity index (χ4n) is 3.08. The molecule has 0 radical (unpaired) electrons. The number of thiophene rings is 1. The van der Waals surface area contributed by atoms with E-state index in [9.17, 15) is 14.7 Å². The zero-order valence-corrected chi connectivity index (χ0v) is 16.3. The van der Waals surface area contributed by atoms with Gasteiger partial charge in [0.15, 0.2) is 10.9 Å². The number of aromatic nitrogens is 1. The van der Waals surface area contributed by atoms with Crippen LogP contribution in [0.4, 0.5) is 5.13 Å². The molecule has 3 aromatic rings. The van der Waals surface area contributed by atoms with Gasteiger partial charge < -0.3 is 5.11 Å². The number of ketones is 1. The van der Waals surface area contributed by atoms with Crippen molar-refractivity contribution in [2.24, 2.45) is 0 Å². The molecule has 3 heterocycles. The van der Waals surface area contributed by atoms with Gasteiger partial charge in [0.2, 0.25) is 5.78 Å². The van der Waals surface area contributed by atoms with E-state index in [0.29, 0.717) is 10.0 Å². The van der Waals surface area contributed by atoms with Crippen molar-refractivity contribution in [3.63, 3.8) is 0 Å². The van der Waals surface area contributed by atoms with Crippen LogP contribution in [0.15, 0.2) is 59.2 Å². The summed E-state index contributed by atoms with van der Waals surface area (Å²) < 4.78 is 0. The summed E-state index contributed by atoms with van der Waals surface area (Å²) in [5.41, 5.74) is 1.67. The molecule has 1 aliphatic rings. The normalized spacial score (nSPS) is 17.0. The minimum atomic E-state index is -0.710. The molecule has 1 amide bonds. The molecular weight excluding hydrogens is 380 g/mol. The van der Waals surface area contributed by atoms with Gasteiger partial charge >= 0.3 is 0 Å². The molecular formula is C20H16N2O3S2. The van der Waals surface area contributed by atoms with Gasteiger partial charge in [0.1, 0.15) is 0 Å². The van der Waals surface area contributed by atoms with Crippen LogP contribution in [0.1, 0.15) is 31.8 Å². The first-order valence-corrected chi connectivity index (χ1v) is 10.0. The van der Waals surface area contributed by atoms with Crippen molar-refractivity contribution < 1.29 is 14.7 Å². The molecule has 0 bridgehead atoms. The number of carbonyl (C=O) groups is 2. The fourth-order valence-corrected chi connectivity index (χ4v) is 4.70. The Labute approximate surface area is 164 Å². The average Bonchev–Trinajstić information content (AvgIpc) is 3.37. The lowest BCUT2D eigenvalue weighted by molar-refractivity contribution is -0.117. The van der Waals surface area contributed by atoms with Crippen molar-refractivity contribution in [3.8, 4) is 0 Å². The number of aliphatic hydroxyl groups excluding tert-OH is 1. The molecule has 1 aromatic carbocycles. The van der Waals surface area contributed by atoms with Crippen molar-refractivity contribution in [1.29, 1.82) is 0 Å². The topological polar surface area (TPSA) is 70.5 Å². The first kappa shape index (κ1) is 17.6. The number of amides is 1. The number of hydrogen-bond acceptors (Lipinski definition) is 6. The van der Waals surface area contributed by atoms with Crippen LogP contribution in [0.2, 0.25) is 0 Å². The second kappa shape index (κ2) is 6.75. The predicted molar refractivity (Wildman–Crippen MR) is 107 cm³/mol. The van der Waals surface area contributed by atoms with Crippen LogP contribution in [0.3, 0.4) is 0 Å². The van der Waals surface area contributed by atoms with E-state index in [4.69, 9.17) is 0 Å². The van der Waals surface area contributed by atoms with Gasteiger partial charge in [-0.2, -0.15) is 0 Å². The summed E-state index contributed by atoms with van der Waals surface area (Å²) in [6.45, 7) is 3.80. The van der Waals surface area contributed by atoms with Gasteiger partial charge in [0.25, 0.3) is 5.91 Å². The van der Waals surface area contributed by atoms with Crippen molar-refractivity contribution in [1.82, 2.24) is 4.98 Å². The third-order valence-electron chi connectivity index (χ3n) is 4.54. The lowest BCUT2D eigenvalue weighted by atomic mass is 9.96. The van der Waals surface area contributed by atoms with E-state index in [1.54, 1.807) is 17.5 Å². The Kier molecular flexibility index (Phi) is 4.41. The molecule has 4 rings (SSSR count). The van der Waals surface area contributed by atoms with Crippen molar-refractivity contribution >= 4 is 39.5 Å². The molecule has 5 nitrogen and oxygen atoms in total. The number of aryl methyl sites for hydroxylation is 2. The van der Waals surface area contributed by atoms with E-state index in [0.717, 1.165) is 16.1 Å². The molecule has 1 atom stereocenters. The maximum absolute atomic E-state index is 13.1. The summed E-state index contributed by atoms with van der Waals surface area (Å²) in [4.78, 5) is 33.4. The third kappa shape index (κ3) is 2.89. The zero-order valence-electron chi connectivity index (χ0n) is 14.7. The minimum Gasteiger partial charge on any atom is -0.503 e. The number of thiazole rings is 1. The summed E-state index contributed by atoms with van der Waals surface area (Å²) in [5, 5.41) is 12.9. The minimum absolute atomic E-state index is 0.0964. The molecule has 1 N–H and O–H groups in total. The highest BCUT2D eigenvalue weighted by molar-refractivity contribution is 7.16. The maximum atomic E-state index is 13.1. The molecule has 0 spiro atoms. The molecule has 0 aliphatic carbocycles. The second-order valence-electron chi connectivity index (χ2n) is 6.20. The number of nitrogens with zero attached hydrogens (tertiary/aromatic N) is 2. The summed E-state index contributed by atoms with van der Waals surface area (Å²) in [6.07, 6.45) is 0. The largest absolute Gasteiger partial charge is 0.503 e. The Morgan fingerprint density at radius 2 is 1.89 bits per heavy atom. The zero-order chi connectivity index (χ0) is 19.1. The molecule has 136 valence electrons. The Balaban J connectivity index is 1.89. The van der Waals surface area contributed by atoms with Gasteiger partial charge in [-0.3, -0.25) is 14.5 Å². The van der Waals surface area contributed by atoms with E-state index in [2.05, 4.69) is 4.98 Å². The molecule has 2 aromatic heterocycles. The molecule has 0 saturated carbocycles. The standard InChI is InChI=1S/C20H16N2O3S2/c1-11-12(2)27-20(21-11)22-16(13-7-4-3-5-8-13)15(18(24)19(22)25)17(23)14-9-6-10-26-14/h3-10,16,24H,1-2H3/t16-/m1/s1. The number of rotatable bonds is 4. The van der Waals surface area contributed by atoms with Crippen LogP contribution >= 0.6 is 22.7 Å². The average molecular weight is 396 g/mol. The van der Waals surface area contributed by atoms with Crippen molar-refractivity contribution in [2.75, 3.05) is 4.90 Å². The first-order chi connectivity index (χ1) is 13.0. The summed E-state index contributed by atoms with van der Waals surface area (Å²) >= 11 is 2.66. The maximum Gasteiger partial charge on any atom is 0.296 e. The number of Topliss-reactive ketones (excluding diaryl/α,β-unsaturated/α-hetero) is 1. The predicted octanol–water partition coefficient (Wildman–Crippen LogP) is 4.60. The highest BCUT2D eigenvalue weighted by Gasteiger charge is 2.46. The number of carbonyl (C=O) groups excluding carboxylic acids is 2. The summed E-state index contributed by atoms with van der Waals surface area (Å²) in [7, 11) is 0. The van der Waals surface area contributed by atoms with Crippen LogP contribution in [-0.2, 0) is 4.79 Å². The molecule has 0 saturated heterocycles. The Morgan fingerprint density at radius 3 is 2.48 bits per heavy atom. The van der Waals surface area contributed by atoms with Crippen LogP contribution < -0.4 is 4.90 Å². The summed E-state index contributed by atoms with van der Waals surface area (Å²) in [5.74, 6) is -1.44. The van der Waals surface area contributed by atoms with Crippen LogP contribution in [0, 0.1) is 13.8 Å². The van der Waals surface area contributed by atoms with Gasteiger partial charge in [0.05, 0.1) is 22.2 Å². The second-order valence-corrected chi connectivity index (χ2v) is 8.32. The Morgan fingerprint density at radius 1 is 1.15 bits per heavy atom. The summed E-state index contributed by atoms with van der Waals surface area (Å²) in [6, 6.07) is 12.0. The van der Waals surface area contributed by atoms with Crippen LogP contribution in [-0.4, -0.2) is 21.8 Å². The highest BCUT2D eigenvalue weighted by atomic mass is 32.1. The van der Waals surface area contributed by atoms with E-state index < -0.39 is 17.7 Å². The number of benzene rings is 1. The molecule has 0 unspecified atom stereocenters. The Hall–Kier alpha value is -2.77. The SMILES string of the molecule is Cc1nc(N2C(=O)C(O)=C(C(=O)c3cccs3)[C@H]2c2ccccc2)sc1C. The molecule has 27 heavy (non-hydrogen) atoms. The number of hydrogen-bond donors (Lipinski definition) is 1. The molecule has 1 aliphatic heterocycles. The molecule has 0 fully saturated rings. The van der Waals surface area contributed by atoms with E-state index in [-0.39, 0.29) is 11.4 Å². The van der Waals surface area contributed by atoms with E-state index in [1.165, 1.54) is 27.6 Å². The van der Waals surface area contributed by atoms with Gasteiger partial charge in [0, 0.05) is 4.88 Å². The van der Waals surface area contributed by atoms with Gasteiger partial charge in [-0.1, -0.05) is 36.4 Å². The Bertz CT molecular complexity index is 1030. The number of aliphatic hydroxyl groups is 1. The van der Waals surface area contributed by atoms with Gasteiger partial charge in [-0.05, 0) is 30.9 Å². The van der Waals surface area contributed by atoms with Crippen molar-refractivity contribution in [3.05, 3.63) is 80.2 Å². The number of anilines is 1. The fraction of sp³-hybridized carbons (Fsp3) is 0.150. The quantitative estimate of drug-likeness (QED) is 0.654. The lowest BCUT2D eigenvalue weighted by Gasteiger charge is -2.24. The van der Waals surface area contributed by atoms with Crippen molar-refractivity contribution in [2.45, 2.75) is 19.9 Å². The lowest BCUT2D eigenvalue weighted by Crippen LogP contribution is -2.30. The highest BCUT2D eigenvalue weighted by Crippen LogP contribution is 2.43. The van der Waals surface area contributed by atoms with Gasteiger partial charge in [-0.25, -0.2) is 4.98 Å². The smallest absolute Gasteiger partial charge is 0.296 e. The van der Waals surface area contributed by atoms with Gasteiger partial charge in [-0.15, -0.1) is 22.7 Å².